The number of aromatic nitrogens is 2. The zero-order valence-corrected chi connectivity index (χ0v) is 22.0. The number of rotatable bonds is 10. The van der Waals surface area contributed by atoms with Crippen LogP contribution in [-0.2, 0) is 13.1 Å². The Morgan fingerprint density at radius 3 is 2.45 bits per heavy atom. The number of imidazole rings is 1. The Morgan fingerprint density at radius 1 is 0.974 bits per heavy atom. The first-order valence-electron chi connectivity index (χ1n) is 12.5. The molecule has 1 amide bonds. The highest BCUT2D eigenvalue weighted by atomic mass is 16.7. The molecule has 5 rings (SSSR count). The van der Waals surface area contributed by atoms with Gasteiger partial charge in [-0.25, -0.2) is 4.98 Å². The molecule has 38 heavy (non-hydrogen) atoms. The molecule has 0 radical (unpaired) electrons. The first-order valence-corrected chi connectivity index (χ1v) is 12.5. The van der Waals surface area contributed by atoms with Crippen molar-refractivity contribution >= 4 is 16.9 Å². The molecule has 0 spiro atoms. The van der Waals surface area contributed by atoms with Gasteiger partial charge in [-0.2, -0.15) is 0 Å². The fraction of sp³-hybridized carbons (Fsp3) is 0.310. The molecule has 1 N–H and O–H groups in total. The number of nitrogens with zero attached hydrogens (tertiary/aromatic N) is 2. The van der Waals surface area contributed by atoms with Gasteiger partial charge in [0.15, 0.2) is 23.0 Å². The van der Waals surface area contributed by atoms with Gasteiger partial charge in [0.2, 0.25) is 12.5 Å². The van der Waals surface area contributed by atoms with Crippen molar-refractivity contribution in [2.24, 2.45) is 0 Å². The smallest absolute Gasteiger partial charge is 0.251 e. The number of hydrogen-bond acceptors (Lipinski definition) is 7. The SMILES string of the molecule is CCCCn1c(-c2cc(OC)c(OC)c(OC)c2)nc2cc(C(=O)NCc3ccc4c(c3)OCO4)ccc21. The Labute approximate surface area is 221 Å². The maximum atomic E-state index is 13.0. The van der Waals surface area contributed by atoms with E-state index in [0.717, 1.165) is 47.4 Å². The summed E-state index contributed by atoms with van der Waals surface area (Å²) in [5, 5.41) is 2.98. The Kier molecular flexibility index (Phi) is 7.26. The van der Waals surface area contributed by atoms with E-state index < -0.39 is 0 Å². The number of carbonyl (C=O) groups is 1. The zero-order chi connectivity index (χ0) is 26.6. The third kappa shape index (κ3) is 4.79. The Balaban J connectivity index is 1.46. The fourth-order valence-electron chi connectivity index (χ4n) is 4.58. The molecule has 0 unspecified atom stereocenters. The summed E-state index contributed by atoms with van der Waals surface area (Å²) in [5.74, 6) is 3.63. The number of benzene rings is 3. The molecular formula is C29H31N3O6. The lowest BCUT2D eigenvalue weighted by Crippen LogP contribution is -2.22. The fourth-order valence-corrected chi connectivity index (χ4v) is 4.58. The minimum atomic E-state index is -0.179. The minimum absolute atomic E-state index is 0.179. The number of hydrogen-bond donors (Lipinski definition) is 1. The van der Waals surface area contributed by atoms with Gasteiger partial charge < -0.3 is 33.6 Å². The van der Waals surface area contributed by atoms with Crippen molar-refractivity contribution in [1.82, 2.24) is 14.9 Å². The van der Waals surface area contributed by atoms with E-state index in [9.17, 15) is 4.79 Å². The maximum Gasteiger partial charge on any atom is 0.251 e. The molecule has 1 aliphatic rings. The summed E-state index contributed by atoms with van der Waals surface area (Å²) < 4.78 is 29.6. The lowest BCUT2D eigenvalue weighted by Gasteiger charge is -2.15. The monoisotopic (exact) mass is 517 g/mol. The molecular weight excluding hydrogens is 486 g/mol. The van der Waals surface area contributed by atoms with E-state index in [-0.39, 0.29) is 12.7 Å². The summed E-state index contributed by atoms with van der Waals surface area (Å²) in [6.07, 6.45) is 2.02. The molecule has 198 valence electrons. The van der Waals surface area contributed by atoms with Crippen LogP contribution in [0.4, 0.5) is 0 Å². The number of ether oxygens (including phenoxy) is 5. The molecule has 0 aliphatic carbocycles. The van der Waals surface area contributed by atoms with Gasteiger partial charge in [0.25, 0.3) is 5.91 Å². The Hall–Kier alpha value is -4.40. The number of fused-ring (bicyclic) bond motifs is 2. The molecule has 1 aliphatic heterocycles. The van der Waals surface area contributed by atoms with Crippen molar-refractivity contribution < 1.29 is 28.5 Å². The second kappa shape index (κ2) is 10.9. The molecule has 4 aromatic rings. The van der Waals surface area contributed by atoms with E-state index in [1.165, 1.54) is 0 Å². The summed E-state index contributed by atoms with van der Waals surface area (Å²) in [4.78, 5) is 18.0. The van der Waals surface area contributed by atoms with E-state index in [1.807, 2.05) is 48.5 Å². The van der Waals surface area contributed by atoms with Crippen LogP contribution < -0.4 is 29.0 Å². The largest absolute Gasteiger partial charge is 0.493 e. The minimum Gasteiger partial charge on any atom is -0.493 e. The molecule has 0 bridgehead atoms. The van der Waals surface area contributed by atoms with E-state index in [2.05, 4.69) is 16.8 Å². The molecule has 0 saturated carbocycles. The summed E-state index contributed by atoms with van der Waals surface area (Å²) >= 11 is 0. The highest BCUT2D eigenvalue weighted by Gasteiger charge is 2.20. The van der Waals surface area contributed by atoms with Crippen LogP contribution in [0.15, 0.2) is 48.5 Å². The second-order valence-corrected chi connectivity index (χ2v) is 8.93. The van der Waals surface area contributed by atoms with Crippen molar-refractivity contribution in [3.63, 3.8) is 0 Å². The molecule has 1 aromatic heterocycles. The van der Waals surface area contributed by atoms with Crippen LogP contribution in [-0.4, -0.2) is 43.6 Å². The van der Waals surface area contributed by atoms with Crippen LogP contribution in [0.25, 0.3) is 22.4 Å². The third-order valence-corrected chi connectivity index (χ3v) is 6.56. The van der Waals surface area contributed by atoms with Gasteiger partial charge in [-0.3, -0.25) is 4.79 Å². The molecule has 0 fully saturated rings. The van der Waals surface area contributed by atoms with Gasteiger partial charge >= 0.3 is 0 Å². The average molecular weight is 518 g/mol. The van der Waals surface area contributed by atoms with Crippen molar-refractivity contribution in [2.75, 3.05) is 28.1 Å². The van der Waals surface area contributed by atoms with Crippen molar-refractivity contribution in [3.8, 4) is 40.1 Å². The van der Waals surface area contributed by atoms with Crippen LogP contribution in [0.1, 0.15) is 35.7 Å². The molecule has 2 heterocycles. The summed E-state index contributed by atoms with van der Waals surface area (Å²) in [6, 6.07) is 15.0. The van der Waals surface area contributed by atoms with Crippen molar-refractivity contribution in [2.45, 2.75) is 32.9 Å². The molecule has 0 atom stereocenters. The van der Waals surface area contributed by atoms with Gasteiger partial charge in [0.1, 0.15) is 5.82 Å². The van der Waals surface area contributed by atoms with Gasteiger partial charge in [0.05, 0.1) is 32.4 Å². The number of methoxy groups -OCH3 is 3. The topological polar surface area (TPSA) is 93.1 Å². The van der Waals surface area contributed by atoms with Crippen LogP contribution in [0.3, 0.4) is 0 Å². The number of nitrogens with one attached hydrogen (secondary N) is 1. The number of amides is 1. The highest BCUT2D eigenvalue weighted by Crippen LogP contribution is 2.41. The average Bonchev–Trinajstić information content (AvgIpc) is 3.57. The zero-order valence-electron chi connectivity index (χ0n) is 22.0. The molecule has 3 aromatic carbocycles. The molecule has 9 nitrogen and oxygen atoms in total. The molecule has 9 heteroatoms. The first-order chi connectivity index (χ1) is 18.6. The lowest BCUT2D eigenvalue weighted by molar-refractivity contribution is 0.0951. The van der Waals surface area contributed by atoms with Gasteiger partial charge in [-0.15, -0.1) is 0 Å². The van der Waals surface area contributed by atoms with Crippen LogP contribution in [0.5, 0.6) is 28.7 Å². The third-order valence-electron chi connectivity index (χ3n) is 6.56. The standard InChI is InChI=1S/C29H31N3O6/c1-5-6-11-32-22-9-8-19(29(33)30-16-18-7-10-23-24(12-18)38-17-37-23)13-21(22)31-28(32)20-14-25(34-2)27(36-4)26(15-20)35-3/h7-10,12-15H,5-6,11,16-17H2,1-4H3,(H,30,33). The summed E-state index contributed by atoms with van der Waals surface area (Å²) in [6.45, 7) is 3.53. The Bertz CT molecular complexity index is 1450. The normalized spacial score (nSPS) is 12.0. The molecule has 0 saturated heterocycles. The highest BCUT2D eigenvalue weighted by molar-refractivity contribution is 5.98. The van der Waals surface area contributed by atoms with Crippen LogP contribution in [0.2, 0.25) is 0 Å². The number of aryl methyl sites for hydroxylation is 1. The summed E-state index contributed by atoms with van der Waals surface area (Å²) in [5.41, 5.74) is 3.99. The van der Waals surface area contributed by atoms with E-state index in [4.69, 9.17) is 28.7 Å². The van der Waals surface area contributed by atoms with Crippen LogP contribution in [0, 0.1) is 0 Å². The van der Waals surface area contributed by atoms with Crippen LogP contribution >= 0.6 is 0 Å². The predicted molar refractivity (Wildman–Crippen MR) is 143 cm³/mol. The predicted octanol–water partition coefficient (Wildman–Crippen LogP) is 5.19. The van der Waals surface area contributed by atoms with Gasteiger partial charge in [-0.05, 0) is 54.4 Å². The maximum absolute atomic E-state index is 13.0. The first kappa shape index (κ1) is 25.3. The quantitative estimate of drug-likeness (QED) is 0.310. The second-order valence-electron chi connectivity index (χ2n) is 8.93. The van der Waals surface area contributed by atoms with E-state index in [0.29, 0.717) is 40.9 Å². The van der Waals surface area contributed by atoms with E-state index in [1.54, 1.807) is 21.3 Å². The number of carbonyl (C=O) groups excluding carboxylic acids is 1. The van der Waals surface area contributed by atoms with Crippen molar-refractivity contribution in [1.29, 1.82) is 0 Å². The van der Waals surface area contributed by atoms with Crippen molar-refractivity contribution in [3.05, 3.63) is 59.7 Å². The lowest BCUT2D eigenvalue weighted by atomic mass is 10.1. The van der Waals surface area contributed by atoms with E-state index >= 15 is 0 Å². The Morgan fingerprint density at radius 2 is 1.74 bits per heavy atom. The number of unbranched alkanes of at least 4 members (excludes halogenated alkanes) is 1. The van der Waals surface area contributed by atoms with Gasteiger partial charge in [0, 0.05) is 24.2 Å². The van der Waals surface area contributed by atoms with Gasteiger partial charge in [-0.1, -0.05) is 19.4 Å². The summed E-state index contributed by atoms with van der Waals surface area (Å²) in [7, 11) is 4.76.